The molecule has 0 saturated carbocycles. The second-order valence-electron chi connectivity index (χ2n) is 5.22. The number of carboxylic acids is 1. The predicted molar refractivity (Wildman–Crippen MR) is 80.7 cm³/mol. The van der Waals surface area contributed by atoms with Crippen molar-refractivity contribution in [1.29, 1.82) is 0 Å². The Morgan fingerprint density at radius 1 is 1.40 bits per heavy atom. The maximum Gasteiger partial charge on any atom is 0.304 e. The van der Waals surface area contributed by atoms with Gasteiger partial charge in [-0.2, -0.15) is 0 Å². The highest BCUT2D eigenvalue weighted by atomic mass is 35.5. The van der Waals surface area contributed by atoms with E-state index in [1.807, 2.05) is 25.2 Å². The van der Waals surface area contributed by atoms with E-state index in [1.165, 1.54) is 5.56 Å². The van der Waals surface area contributed by atoms with E-state index in [4.69, 9.17) is 9.84 Å². The van der Waals surface area contributed by atoms with Crippen LogP contribution in [0.25, 0.3) is 0 Å². The van der Waals surface area contributed by atoms with E-state index in [-0.39, 0.29) is 18.8 Å². The van der Waals surface area contributed by atoms with E-state index in [9.17, 15) is 4.79 Å². The lowest BCUT2D eigenvalue weighted by Gasteiger charge is -2.26. The number of fused-ring (bicyclic) bond motifs is 1. The highest BCUT2D eigenvalue weighted by molar-refractivity contribution is 5.85. The molecule has 0 aromatic heterocycles. The molecule has 0 spiro atoms. The normalized spacial score (nSPS) is 17.0. The van der Waals surface area contributed by atoms with Crippen LogP contribution in [0.3, 0.4) is 0 Å². The number of benzene rings is 1. The van der Waals surface area contributed by atoms with E-state index in [1.54, 1.807) is 0 Å². The number of carbonyl (C=O) groups is 1. The fraction of sp³-hybridized carbons (Fsp3) is 0.533. The summed E-state index contributed by atoms with van der Waals surface area (Å²) in [5.74, 6) is 0.807. The van der Waals surface area contributed by atoms with E-state index >= 15 is 0 Å². The first kappa shape index (κ1) is 16.8. The van der Waals surface area contributed by atoms with Crippen LogP contribution in [0.1, 0.15) is 18.4 Å². The molecular weight excluding hydrogens is 278 g/mol. The summed E-state index contributed by atoms with van der Waals surface area (Å²) in [7, 11) is 1.97. The van der Waals surface area contributed by atoms with Crippen LogP contribution in [0.5, 0.6) is 5.75 Å². The summed E-state index contributed by atoms with van der Waals surface area (Å²) in [5.41, 5.74) is 1.28. The Hall–Kier alpha value is -1.26. The second-order valence-corrected chi connectivity index (χ2v) is 5.22. The zero-order valence-electron chi connectivity index (χ0n) is 11.7. The van der Waals surface area contributed by atoms with Gasteiger partial charge < -0.3 is 14.7 Å². The molecule has 1 unspecified atom stereocenters. The molecule has 0 fully saturated rings. The van der Waals surface area contributed by atoms with E-state index in [0.717, 1.165) is 31.7 Å². The SMILES string of the molecule is CN(CCC(=O)O)CCC1COc2ccccc2C1.Cl. The first-order valence-electron chi connectivity index (χ1n) is 6.76. The first-order chi connectivity index (χ1) is 9.15. The molecule has 112 valence electrons. The Morgan fingerprint density at radius 3 is 2.90 bits per heavy atom. The van der Waals surface area contributed by atoms with Crippen LogP contribution in [0.4, 0.5) is 0 Å². The Morgan fingerprint density at radius 2 is 2.15 bits per heavy atom. The minimum atomic E-state index is -0.734. The molecule has 1 aromatic rings. The number of carboxylic acid groups (broad SMARTS) is 1. The molecular formula is C15H22ClNO3. The van der Waals surface area contributed by atoms with Gasteiger partial charge in [0.2, 0.25) is 0 Å². The Balaban J connectivity index is 0.00000200. The smallest absolute Gasteiger partial charge is 0.304 e. The van der Waals surface area contributed by atoms with Gasteiger partial charge in [-0.25, -0.2) is 0 Å². The molecule has 1 aromatic carbocycles. The van der Waals surface area contributed by atoms with Gasteiger partial charge in [-0.1, -0.05) is 18.2 Å². The molecule has 0 amide bonds. The number of halogens is 1. The highest BCUT2D eigenvalue weighted by Crippen LogP contribution is 2.28. The summed E-state index contributed by atoms with van der Waals surface area (Å²) in [6, 6.07) is 8.18. The van der Waals surface area contributed by atoms with Crippen LogP contribution >= 0.6 is 12.4 Å². The van der Waals surface area contributed by atoms with Gasteiger partial charge in [0, 0.05) is 6.54 Å². The molecule has 5 heteroatoms. The lowest BCUT2D eigenvalue weighted by molar-refractivity contribution is -0.137. The van der Waals surface area contributed by atoms with Gasteiger partial charge in [0.25, 0.3) is 0 Å². The molecule has 0 bridgehead atoms. The molecule has 0 aliphatic carbocycles. The Bertz CT molecular complexity index is 439. The van der Waals surface area contributed by atoms with Crippen molar-refractivity contribution in [2.24, 2.45) is 5.92 Å². The van der Waals surface area contributed by atoms with Crippen molar-refractivity contribution >= 4 is 18.4 Å². The van der Waals surface area contributed by atoms with Crippen LogP contribution in [-0.2, 0) is 11.2 Å². The fourth-order valence-electron chi connectivity index (χ4n) is 2.38. The molecule has 2 rings (SSSR count). The molecule has 0 saturated heterocycles. The molecule has 0 radical (unpaired) electrons. The zero-order valence-corrected chi connectivity index (χ0v) is 12.6. The fourth-order valence-corrected chi connectivity index (χ4v) is 2.38. The summed E-state index contributed by atoms with van der Waals surface area (Å²) < 4.78 is 5.75. The molecule has 1 aliphatic heterocycles. The van der Waals surface area contributed by atoms with Crippen LogP contribution < -0.4 is 4.74 Å². The molecule has 1 N–H and O–H groups in total. The lowest BCUT2D eigenvalue weighted by Crippen LogP contribution is -2.28. The lowest BCUT2D eigenvalue weighted by atomic mass is 9.94. The second kappa shape index (κ2) is 8.12. The van der Waals surface area contributed by atoms with Crippen LogP contribution in [0.2, 0.25) is 0 Å². The zero-order chi connectivity index (χ0) is 13.7. The molecule has 1 atom stereocenters. The number of aliphatic carboxylic acids is 1. The minimum absolute atomic E-state index is 0. The van der Waals surface area contributed by atoms with Gasteiger partial charge in [0.1, 0.15) is 5.75 Å². The van der Waals surface area contributed by atoms with Crippen LogP contribution in [0.15, 0.2) is 24.3 Å². The molecule has 20 heavy (non-hydrogen) atoms. The molecule has 1 aliphatic rings. The molecule has 4 nitrogen and oxygen atoms in total. The number of rotatable bonds is 6. The summed E-state index contributed by atoms with van der Waals surface area (Å²) in [4.78, 5) is 12.6. The number of hydrogen-bond donors (Lipinski definition) is 1. The quantitative estimate of drug-likeness (QED) is 0.876. The monoisotopic (exact) mass is 299 g/mol. The number of ether oxygens (including phenoxy) is 1. The predicted octanol–water partition coefficient (Wildman–Crippen LogP) is 2.46. The maximum atomic E-state index is 10.5. The third-order valence-electron chi connectivity index (χ3n) is 3.58. The van der Waals surface area contributed by atoms with Crippen molar-refractivity contribution in [2.45, 2.75) is 19.3 Å². The number of nitrogens with zero attached hydrogens (tertiary/aromatic N) is 1. The van der Waals surface area contributed by atoms with Crippen molar-refractivity contribution in [2.75, 3.05) is 26.7 Å². The van der Waals surface area contributed by atoms with E-state index in [0.29, 0.717) is 12.5 Å². The van der Waals surface area contributed by atoms with Crippen molar-refractivity contribution in [3.8, 4) is 5.75 Å². The van der Waals surface area contributed by atoms with Gasteiger partial charge in [-0.15, -0.1) is 12.4 Å². The average molecular weight is 300 g/mol. The van der Waals surface area contributed by atoms with Gasteiger partial charge in [0.15, 0.2) is 0 Å². The number of hydrogen-bond acceptors (Lipinski definition) is 3. The summed E-state index contributed by atoms with van der Waals surface area (Å²) in [6.45, 7) is 2.30. The number of para-hydroxylation sites is 1. The maximum absolute atomic E-state index is 10.5. The summed E-state index contributed by atoms with van der Waals surface area (Å²) in [6.07, 6.45) is 2.31. The molecule has 1 heterocycles. The van der Waals surface area contributed by atoms with Crippen molar-refractivity contribution in [3.63, 3.8) is 0 Å². The third kappa shape index (κ3) is 5.02. The highest BCUT2D eigenvalue weighted by Gasteiger charge is 2.19. The Labute approximate surface area is 126 Å². The van der Waals surface area contributed by atoms with Crippen LogP contribution in [-0.4, -0.2) is 42.7 Å². The van der Waals surface area contributed by atoms with Gasteiger partial charge >= 0.3 is 5.97 Å². The van der Waals surface area contributed by atoms with Gasteiger partial charge in [0.05, 0.1) is 13.0 Å². The standard InChI is InChI=1S/C15H21NO3.ClH/c1-16(9-7-15(17)18)8-6-12-10-13-4-2-3-5-14(13)19-11-12;/h2-5,12H,6-11H2,1H3,(H,17,18);1H. The van der Waals surface area contributed by atoms with Crippen molar-refractivity contribution in [1.82, 2.24) is 4.90 Å². The van der Waals surface area contributed by atoms with Crippen molar-refractivity contribution in [3.05, 3.63) is 29.8 Å². The van der Waals surface area contributed by atoms with E-state index < -0.39 is 5.97 Å². The van der Waals surface area contributed by atoms with E-state index in [2.05, 4.69) is 11.0 Å². The Kier molecular flexibility index (Phi) is 6.82. The average Bonchev–Trinajstić information content (AvgIpc) is 2.42. The summed E-state index contributed by atoms with van der Waals surface area (Å²) in [5, 5.41) is 8.64. The topological polar surface area (TPSA) is 49.8 Å². The first-order valence-corrected chi connectivity index (χ1v) is 6.76. The van der Waals surface area contributed by atoms with Crippen molar-refractivity contribution < 1.29 is 14.6 Å². The minimum Gasteiger partial charge on any atom is -0.493 e. The van der Waals surface area contributed by atoms with Gasteiger partial charge in [-0.3, -0.25) is 4.79 Å². The largest absolute Gasteiger partial charge is 0.493 e. The third-order valence-corrected chi connectivity index (χ3v) is 3.58. The van der Waals surface area contributed by atoms with Gasteiger partial charge in [-0.05, 0) is 44.0 Å². The van der Waals surface area contributed by atoms with Crippen LogP contribution in [0, 0.1) is 5.92 Å². The summed E-state index contributed by atoms with van der Waals surface area (Å²) >= 11 is 0.